The standard InChI is InChI=1S/C33H36O5S/c1-5-34-23(3)37-27-19-25(20-28(21-27)38-24(4)35-6-2)22-36-26-15-17-29(18-16-26)39-32-13-9-7-11-30(32)31-12-8-10-14-33(31)39/h7-21,23-24,39H,5-6,22H2,1-4H3. The molecule has 0 aromatic heterocycles. The zero-order chi connectivity index (χ0) is 27.2. The molecular formula is C33H36O5S. The second-order valence-electron chi connectivity index (χ2n) is 9.25. The van der Waals surface area contributed by atoms with Crippen molar-refractivity contribution in [3.63, 3.8) is 0 Å². The lowest BCUT2D eigenvalue weighted by Gasteiger charge is -2.20. The Balaban J connectivity index is 1.32. The number of benzene rings is 4. The van der Waals surface area contributed by atoms with Crippen LogP contribution in [0.4, 0.5) is 0 Å². The van der Waals surface area contributed by atoms with Crippen LogP contribution in [0.3, 0.4) is 0 Å². The van der Waals surface area contributed by atoms with Crippen LogP contribution in [0, 0.1) is 0 Å². The van der Waals surface area contributed by atoms with Crippen LogP contribution >= 0.6 is 10.9 Å². The van der Waals surface area contributed by atoms with Gasteiger partial charge in [-0.15, -0.1) is 0 Å². The van der Waals surface area contributed by atoms with Crippen molar-refractivity contribution in [1.82, 2.24) is 0 Å². The van der Waals surface area contributed by atoms with E-state index in [1.54, 1.807) is 0 Å². The van der Waals surface area contributed by atoms with E-state index in [0.29, 0.717) is 31.3 Å². The molecule has 5 nitrogen and oxygen atoms in total. The van der Waals surface area contributed by atoms with Crippen LogP contribution in [0.25, 0.3) is 11.1 Å². The van der Waals surface area contributed by atoms with Crippen LogP contribution in [-0.4, -0.2) is 25.8 Å². The van der Waals surface area contributed by atoms with Crippen molar-refractivity contribution in [2.75, 3.05) is 13.2 Å². The summed E-state index contributed by atoms with van der Waals surface area (Å²) in [6.45, 7) is 9.16. The third-order valence-electron chi connectivity index (χ3n) is 6.43. The second-order valence-corrected chi connectivity index (χ2v) is 11.4. The van der Waals surface area contributed by atoms with Crippen molar-refractivity contribution in [2.24, 2.45) is 0 Å². The number of thiol groups is 1. The van der Waals surface area contributed by atoms with E-state index < -0.39 is 10.9 Å². The average molecular weight is 545 g/mol. The first-order valence-corrected chi connectivity index (χ1v) is 14.8. The van der Waals surface area contributed by atoms with Gasteiger partial charge in [-0.05, 0) is 97.8 Å². The van der Waals surface area contributed by atoms with Gasteiger partial charge in [0.05, 0.1) is 0 Å². The Morgan fingerprint density at radius 1 is 0.615 bits per heavy atom. The topological polar surface area (TPSA) is 46.2 Å². The number of hydrogen-bond acceptors (Lipinski definition) is 5. The Morgan fingerprint density at radius 2 is 1.13 bits per heavy atom. The Kier molecular flexibility index (Phi) is 8.77. The van der Waals surface area contributed by atoms with Gasteiger partial charge in [-0.1, -0.05) is 36.4 Å². The Bertz CT molecular complexity index is 1310. The second kappa shape index (κ2) is 12.6. The van der Waals surface area contributed by atoms with Crippen molar-refractivity contribution in [3.05, 3.63) is 96.6 Å². The molecule has 0 saturated carbocycles. The van der Waals surface area contributed by atoms with Crippen LogP contribution in [0.2, 0.25) is 0 Å². The summed E-state index contributed by atoms with van der Waals surface area (Å²) in [5.41, 5.74) is 3.62. The molecule has 5 rings (SSSR count). The number of rotatable bonds is 12. The predicted molar refractivity (Wildman–Crippen MR) is 156 cm³/mol. The van der Waals surface area contributed by atoms with Crippen molar-refractivity contribution in [3.8, 4) is 28.4 Å². The van der Waals surface area contributed by atoms with Crippen LogP contribution < -0.4 is 14.2 Å². The molecular weight excluding hydrogens is 508 g/mol. The molecule has 204 valence electrons. The fraction of sp³-hybridized carbons (Fsp3) is 0.273. The van der Waals surface area contributed by atoms with Crippen LogP contribution in [0.15, 0.2) is 106 Å². The SMILES string of the molecule is CCOC(C)Oc1cc(COc2ccc([SH]3c4ccccc4-c4ccccc43)cc2)cc(OC(C)OCC)c1. The highest BCUT2D eigenvalue weighted by molar-refractivity contribution is 8.17. The van der Waals surface area contributed by atoms with Gasteiger partial charge in [0.1, 0.15) is 23.9 Å². The van der Waals surface area contributed by atoms with Crippen molar-refractivity contribution >= 4 is 10.9 Å². The molecule has 4 aromatic rings. The highest BCUT2D eigenvalue weighted by atomic mass is 32.2. The monoisotopic (exact) mass is 544 g/mol. The minimum Gasteiger partial charge on any atom is -0.489 e. The van der Waals surface area contributed by atoms with E-state index in [1.165, 1.54) is 25.8 Å². The molecule has 0 bridgehead atoms. The van der Waals surface area contributed by atoms with E-state index in [-0.39, 0.29) is 12.6 Å². The third-order valence-corrected chi connectivity index (χ3v) is 8.99. The van der Waals surface area contributed by atoms with Gasteiger partial charge in [0.25, 0.3) is 0 Å². The van der Waals surface area contributed by atoms with Crippen molar-refractivity contribution < 1.29 is 23.7 Å². The van der Waals surface area contributed by atoms with Gasteiger partial charge in [0.2, 0.25) is 0 Å². The molecule has 1 aliphatic rings. The van der Waals surface area contributed by atoms with Crippen LogP contribution in [0.1, 0.15) is 33.3 Å². The highest BCUT2D eigenvalue weighted by Gasteiger charge is 2.26. The first-order valence-electron chi connectivity index (χ1n) is 13.5. The van der Waals surface area contributed by atoms with Crippen molar-refractivity contribution in [1.29, 1.82) is 0 Å². The molecule has 1 aliphatic heterocycles. The molecule has 0 fully saturated rings. The number of hydrogen-bond donors (Lipinski definition) is 1. The van der Waals surface area contributed by atoms with Crippen LogP contribution in [0.5, 0.6) is 17.2 Å². The maximum Gasteiger partial charge on any atom is 0.196 e. The zero-order valence-corrected chi connectivity index (χ0v) is 23.8. The minimum atomic E-state index is -0.582. The summed E-state index contributed by atoms with van der Waals surface area (Å²) in [6.07, 6.45) is -0.743. The predicted octanol–water partition coefficient (Wildman–Crippen LogP) is 8.25. The Hall–Kier alpha value is -3.45. The summed E-state index contributed by atoms with van der Waals surface area (Å²) >= 11 is 0. The lowest BCUT2D eigenvalue weighted by molar-refractivity contribution is -0.0651. The number of fused-ring (bicyclic) bond motifs is 3. The largest absolute Gasteiger partial charge is 0.489 e. The first-order chi connectivity index (χ1) is 19.1. The average Bonchev–Trinajstić information content (AvgIpc) is 3.27. The lowest BCUT2D eigenvalue weighted by Crippen LogP contribution is -2.18. The normalized spacial score (nSPS) is 14.3. The fourth-order valence-electron chi connectivity index (χ4n) is 4.83. The van der Waals surface area contributed by atoms with Gasteiger partial charge < -0.3 is 23.7 Å². The molecule has 0 aliphatic carbocycles. The molecule has 39 heavy (non-hydrogen) atoms. The van der Waals surface area contributed by atoms with Gasteiger partial charge in [-0.2, -0.15) is 10.9 Å². The summed E-state index contributed by atoms with van der Waals surface area (Å²) in [7, 11) is -0.582. The zero-order valence-electron chi connectivity index (χ0n) is 22.9. The fourth-order valence-corrected chi connectivity index (χ4v) is 7.43. The van der Waals surface area contributed by atoms with Gasteiger partial charge in [-0.3, -0.25) is 0 Å². The minimum absolute atomic E-state index is 0.372. The maximum absolute atomic E-state index is 6.20. The smallest absolute Gasteiger partial charge is 0.196 e. The van der Waals surface area contributed by atoms with E-state index >= 15 is 0 Å². The molecule has 4 aromatic carbocycles. The maximum atomic E-state index is 6.20. The molecule has 2 unspecified atom stereocenters. The first kappa shape index (κ1) is 27.1. The Labute approximate surface area is 234 Å². The van der Waals surface area contributed by atoms with E-state index in [4.69, 9.17) is 23.7 Å². The van der Waals surface area contributed by atoms with Gasteiger partial charge in [-0.25, -0.2) is 0 Å². The van der Waals surface area contributed by atoms with Gasteiger partial charge >= 0.3 is 0 Å². The molecule has 0 amide bonds. The van der Waals surface area contributed by atoms with E-state index in [2.05, 4.69) is 72.8 Å². The summed E-state index contributed by atoms with van der Waals surface area (Å²) in [5.74, 6) is 2.13. The molecule has 0 N–H and O–H groups in total. The summed E-state index contributed by atoms with van der Waals surface area (Å²) < 4.78 is 29.2. The Morgan fingerprint density at radius 3 is 1.64 bits per heavy atom. The molecule has 0 saturated heterocycles. The van der Waals surface area contributed by atoms with Crippen molar-refractivity contribution in [2.45, 2.75) is 61.6 Å². The van der Waals surface area contributed by atoms with E-state index in [9.17, 15) is 0 Å². The molecule has 2 atom stereocenters. The quantitative estimate of drug-likeness (QED) is 0.127. The van der Waals surface area contributed by atoms with E-state index in [0.717, 1.165) is 11.3 Å². The number of ether oxygens (including phenoxy) is 5. The van der Waals surface area contributed by atoms with E-state index in [1.807, 2.05) is 45.9 Å². The molecule has 0 spiro atoms. The molecule has 6 heteroatoms. The molecule has 1 heterocycles. The van der Waals surface area contributed by atoms with Gasteiger partial charge in [0, 0.05) is 29.1 Å². The lowest BCUT2D eigenvalue weighted by atomic mass is 10.1. The van der Waals surface area contributed by atoms with Crippen LogP contribution in [-0.2, 0) is 16.1 Å². The summed E-state index contributed by atoms with van der Waals surface area (Å²) in [5, 5.41) is 0. The highest BCUT2D eigenvalue weighted by Crippen LogP contribution is 2.62. The summed E-state index contributed by atoms with van der Waals surface area (Å²) in [4.78, 5) is 4.14. The van der Waals surface area contributed by atoms with Gasteiger partial charge in [0.15, 0.2) is 12.6 Å². The third kappa shape index (κ3) is 6.41. The summed E-state index contributed by atoms with van der Waals surface area (Å²) in [6, 6.07) is 31.8. The molecule has 0 radical (unpaired) electrons.